The van der Waals surface area contributed by atoms with Crippen molar-refractivity contribution in [3.63, 3.8) is 0 Å². The maximum Gasteiger partial charge on any atom is 0.407 e. The van der Waals surface area contributed by atoms with Crippen molar-refractivity contribution in [2.75, 3.05) is 26.3 Å². The number of aromatic nitrogens is 2. The topological polar surface area (TPSA) is 132 Å². The van der Waals surface area contributed by atoms with Gasteiger partial charge in [-0.15, -0.1) is 11.3 Å². The fraction of sp³-hybridized carbons (Fsp3) is 0.438. The highest BCUT2D eigenvalue weighted by Crippen LogP contribution is 2.33. The van der Waals surface area contributed by atoms with Crippen LogP contribution in [0, 0.1) is 11.8 Å². The molecule has 2 aromatic carbocycles. The molecular formula is C32H38N4O7S2. The molecule has 13 heteroatoms. The molecule has 11 nitrogen and oxygen atoms in total. The summed E-state index contributed by atoms with van der Waals surface area (Å²) in [4.78, 5) is 18.7. The van der Waals surface area contributed by atoms with E-state index in [1.54, 1.807) is 24.3 Å². The number of sulfonamides is 1. The zero-order chi connectivity index (χ0) is 31.6. The third-order valence-electron chi connectivity index (χ3n) is 8.15. The Labute approximate surface area is 266 Å². The maximum atomic E-state index is 13.9. The molecule has 0 aliphatic carbocycles. The van der Waals surface area contributed by atoms with Gasteiger partial charge in [0.2, 0.25) is 10.0 Å². The van der Waals surface area contributed by atoms with Crippen LogP contribution in [0.25, 0.3) is 16.2 Å². The summed E-state index contributed by atoms with van der Waals surface area (Å²) in [5.74, 6) is -0.0456. The van der Waals surface area contributed by atoms with Gasteiger partial charge in [0.15, 0.2) is 11.3 Å². The van der Waals surface area contributed by atoms with Crippen LogP contribution in [0.2, 0.25) is 0 Å². The number of ether oxygens (including phenoxy) is 3. The summed E-state index contributed by atoms with van der Waals surface area (Å²) in [6.45, 7) is 4.60. The van der Waals surface area contributed by atoms with Crippen molar-refractivity contribution >= 4 is 32.4 Å². The first kappa shape index (κ1) is 31.6. The van der Waals surface area contributed by atoms with Gasteiger partial charge in [0.25, 0.3) is 0 Å². The van der Waals surface area contributed by atoms with Crippen molar-refractivity contribution in [3.05, 3.63) is 77.9 Å². The quantitative estimate of drug-likeness (QED) is 0.233. The lowest BCUT2D eigenvalue weighted by Gasteiger charge is -2.31. The average Bonchev–Trinajstić information content (AvgIpc) is 3.81. The number of amides is 1. The van der Waals surface area contributed by atoms with E-state index in [9.17, 15) is 18.3 Å². The molecule has 0 radical (unpaired) electrons. The molecule has 0 bridgehead atoms. The molecule has 2 aliphatic heterocycles. The summed E-state index contributed by atoms with van der Waals surface area (Å²) in [6.07, 6.45) is 2.10. The molecule has 2 fully saturated rings. The van der Waals surface area contributed by atoms with Crippen LogP contribution in [0.5, 0.6) is 0 Å². The molecule has 4 heterocycles. The average molecular weight is 655 g/mol. The number of nitrogens with one attached hydrogen (secondary N) is 1. The van der Waals surface area contributed by atoms with Crippen molar-refractivity contribution in [1.82, 2.24) is 19.0 Å². The molecule has 4 aromatic rings. The molecule has 3 unspecified atom stereocenters. The molecule has 2 saturated heterocycles. The lowest BCUT2D eigenvalue weighted by Crippen LogP contribution is -2.51. The molecule has 0 spiro atoms. The molecule has 6 rings (SSSR count). The Balaban J connectivity index is 1.19. The standard InChI is InChI=1S/C32H38N4O7S2/c1-21(2)17-36(45(39,40)24-10-8-23(9-11-24)27-18-35-13-15-44-31(35)33-27)19-28(37)26(16-22-6-4-3-5-7-22)34-32(38)43-29-20-42-30-25(29)12-14-41-30/h3-11,13,15,18,21,25-26,28-30,37H,12,14,16-17,19-20H2,1-2H3,(H,34,38)/t25?,26-,28+,29?,30?/m0/s1. The number of benzene rings is 2. The van der Waals surface area contributed by atoms with Gasteiger partial charge in [-0.2, -0.15) is 4.31 Å². The summed E-state index contributed by atoms with van der Waals surface area (Å²) in [5.41, 5.74) is 2.43. The SMILES string of the molecule is CC(C)CN(C[C@@H](O)[C@H](Cc1ccccc1)NC(=O)OC1COC2OCCC12)S(=O)(=O)c1ccc(-c2cn3ccsc3n2)cc1. The first-order valence-electron chi connectivity index (χ1n) is 15.1. The minimum atomic E-state index is -3.99. The van der Waals surface area contributed by atoms with Crippen LogP contribution < -0.4 is 5.32 Å². The molecular weight excluding hydrogens is 617 g/mol. The van der Waals surface area contributed by atoms with E-state index in [1.807, 2.05) is 66.4 Å². The minimum Gasteiger partial charge on any atom is -0.443 e. The zero-order valence-corrected chi connectivity index (χ0v) is 26.8. The molecule has 1 amide bonds. The number of rotatable bonds is 12. The lowest BCUT2D eigenvalue weighted by atomic mass is 10.0. The van der Waals surface area contributed by atoms with Crippen LogP contribution in [0.1, 0.15) is 25.8 Å². The van der Waals surface area contributed by atoms with Gasteiger partial charge < -0.3 is 24.6 Å². The van der Waals surface area contributed by atoms with Crippen LogP contribution in [0.15, 0.2) is 77.3 Å². The predicted octanol–water partition coefficient (Wildman–Crippen LogP) is 4.17. The van der Waals surface area contributed by atoms with Crippen LogP contribution in [-0.2, 0) is 30.7 Å². The fourth-order valence-corrected chi connectivity index (χ4v) is 8.17. The van der Waals surface area contributed by atoms with Gasteiger partial charge in [-0.1, -0.05) is 56.3 Å². The van der Waals surface area contributed by atoms with Gasteiger partial charge in [0.1, 0.15) is 6.10 Å². The number of carbonyl (C=O) groups is 1. The Morgan fingerprint density at radius 3 is 2.67 bits per heavy atom. The second kappa shape index (κ2) is 13.6. The number of fused-ring (bicyclic) bond motifs is 2. The summed E-state index contributed by atoms with van der Waals surface area (Å²) >= 11 is 1.52. The number of nitrogens with zero attached hydrogens (tertiary/aromatic N) is 3. The van der Waals surface area contributed by atoms with Crippen molar-refractivity contribution in [3.8, 4) is 11.3 Å². The Hall–Kier alpha value is -3.33. The van der Waals surface area contributed by atoms with E-state index >= 15 is 0 Å². The number of imidazole rings is 1. The number of thiazole rings is 1. The van der Waals surface area contributed by atoms with Gasteiger partial charge in [0, 0.05) is 36.4 Å². The third kappa shape index (κ3) is 7.24. The van der Waals surface area contributed by atoms with Gasteiger partial charge in [-0.25, -0.2) is 18.2 Å². The van der Waals surface area contributed by atoms with Crippen molar-refractivity contribution in [1.29, 1.82) is 0 Å². The van der Waals surface area contributed by atoms with E-state index in [2.05, 4.69) is 10.3 Å². The summed E-state index contributed by atoms with van der Waals surface area (Å²) in [5, 5.41) is 16.3. The van der Waals surface area contributed by atoms with Crippen molar-refractivity contribution < 1.29 is 32.5 Å². The highest BCUT2D eigenvalue weighted by atomic mass is 32.2. The van der Waals surface area contributed by atoms with Crippen molar-refractivity contribution in [2.45, 2.75) is 56.1 Å². The van der Waals surface area contributed by atoms with Crippen LogP contribution >= 0.6 is 11.3 Å². The first-order chi connectivity index (χ1) is 21.7. The molecule has 0 saturated carbocycles. The Morgan fingerprint density at radius 1 is 1.16 bits per heavy atom. The highest BCUT2D eigenvalue weighted by Gasteiger charge is 2.44. The van der Waals surface area contributed by atoms with Crippen LogP contribution in [-0.4, -0.2) is 84.2 Å². The molecule has 2 aliphatic rings. The monoisotopic (exact) mass is 654 g/mol. The molecule has 2 N–H and O–H groups in total. The summed E-state index contributed by atoms with van der Waals surface area (Å²) < 4.78 is 47.9. The molecule has 240 valence electrons. The number of carbonyl (C=O) groups excluding carboxylic acids is 1. The van der Waals surface area contributed by atoms with Gasteiger partial charge in [-0.3, -0.25) is 4.40 Å². The minimum absolute atomic E-state index is 0.0147. The third-order valence-corrected chi connectivity index (χ3v) is 10.8. The van der Waals surface area contributed by atoms with E-state index in [4.69, 9.17) is 14.2 Å². The summed E-state index contributed by atoms with van der Waals surface area (Å²) in [6, 6.07) is 15.2. The Morgan fingerprint density at radius 2 is 1.93 bits per heavy atom. The van der Waals surface area contributed by atoms with E-state index in [0.717, 1.165) is 28.2 Å². The van der Waals surface area contributed by atoms with Gasteiger partial charge >= 0.3 is 6.09 Å². The van der Waals surface area contributed by atoms with E-state index < -0.39 is 34.4 Å². The summed E-state index contributed by atoms with van der Waals surface area (Å²) in [7, 11) is -3.99. The molecule has 45 heavy (non-hydrogen) atoms. The Kier molecular flexibility index (Phi) is 9.54. The van der Waals surface area contributed by atoms with Crippen LogP contribution in [0.3, 0.4) is 0 Å². The number of alkyl carbamates (subject to hydrolysis) is 1. The number of hydrogen-bond donors (Lipinski definition) is 2. The number of aliphatic hydroxyl groups is 1. The number of hydrogen-bond acceptors (Lipinski definition) is 9. The second-order valence-corrected chi connectivity index (χ2v) is 14.7. The van der Waals surface area contributed by atoms with Crippen LogP contribution in [0.4, 0.5) is 4.79 Å². The highest BCUT2D eigenvalue weighted by molar-refractivity contribution is 7.89. The largest absolute Gasteiger partial charge is 0.443 e. The maximum absolute atomic E-state index is 13.9. The van der Waals surface area contributed by atoms with Crippen molar-refractivity contribution in [2.24, 2.45) is 11.8 Å². The zero-order valence-electron chi connectivity index (χ0n) is 25.2. The van der Waals surface area contributed by atoms with Gasteiger partial charge in [0.05, 0.1) is 41.9 Å². The van der Waals surface area contributed by atoms with E-state index in [1.165, 1.54) is 15.6 Å². The van der Waals surface area contributed by atoms with E-state index in [0.29, 0.717) is 6.61 Å². The smallest absolute Gasteiger partial charge is 0.407 e. The van der Waals surface area contributed by atoms with Gasteiger partial charge in [-0.05, 0) is 36.5 Å². The number of aliphatic hydroxyl groups excluding tert-OH is 1. The predicted molar refractivity (Wildman–Crippen MR) is 169 cm³/mol. The Bertz CT molecular complexity index is 1660. The molecule has 5 atom stereocenters. The lowest BCUT2D eigenvalue weighted by molar-refractivity contribution is -0.0907. The van der Waals surface area contributed by atoms with E-state index in [-0.39, 0.29) is 49.1 Å². The first-order valence-corrected chi connectivity index (χ1v) is 17.4. The molecule has 2 aromatic heterocycles. The fourth-order valence-electron chi connectivity index (χ4n) is 5.85. The second-order valence-electron chi connectivity index (χ2n) is 11.9. The normalized spacial score (nSPS) is 21.3.